The van der Waals surface area contributed by atoms with Crippen molar-refractivity contribution in [2.45, 2.75) is 6.92 Å². The highest BCUT2D eigenvalue weighted by Gasteiger charge is 1.95. The lowest BCUT2D eigenvalue weighted by Crippen LogP contribution is -1.99. The van der Waals surface area contributed by atoms with E-state index in [1.54, 1.807) is 6.07 Å². The number of carbonyl (C=O) groups excluding carboxylic acids is 1. The van der Waals surface area contributed by atoms with Crippen LogP contribution in [0.4, 0.5) is 5.69 Å². The summed E-state index contributed by atoms with van der Waals surface area (Å²) in [4.78, 5) is 10.5. The Morgan fingerprint density at radius 2 is 2.18 bits per heavy atom. The van der Waals surface area contributed by atoms with Crippen molar-refractivity contribution in [3.8, 4) is 0 Å². The van der Waals surface area contributed by atoms with E-state index in [2.05, 4.69) is 5.32 Å². The minimum atomic E-state index is 0.717. The molecule has 0 radical (unpaired) electrons. The van der Waals surface area contributed by atoms with Crippen molar-refractivity contribution in [2.24, 2.45) is 0 Å². The number of rotatable bonds is 3. The van der Waals surface area contributed by atoms with Gasteiger partial charge in [-0.05, 0) is 19.1 Å². The van der Waals surface area contributed by atoms with Gasteiger partial charge in [-0.1, -0.05) is 12.1 Å². The summed E-state index contributed by atoms with van der Waals surface area (Å²) < 4.78 is 0. The minimum absolute atomic E-state index is 0.717. The summed E-state index contributed by atoms with van der Waals surface area (Å²) >= 11 is 0. The Bertz CT molecular complexity index is 245. The first-order chi connectivity index (χ1) is 5.38. The lowest BCUT2D eigenvalue weighted by molar-refractivity contribution is 0.112. The number of anilines is 1. The zero-order chi connectivity index (χ0) is 8.10. The molecule has 0 unspecified atom stereocenters. The third-order valence-electron chi connectivity index (χ3n) is 1.45. The number of carbonyl (C=O) groups is 1. The van der Waals surface area contributed by atoms with Crippen molar-refractivity contribution in [1.29, 1.82) is 0 Å². The Labute approximate surface area is 66.2 Å². The van der Waals surface area contributed by atoms with E-state index in [1.807, 2.05) is 25.1 Å². The van der Waals surface area contributed by atoms with Crippen LogP contribution in [0.2, 0.25) is 0 Å². The lowest BCUT2D eigenvalue weighted by Gasteiger charge is -2.04. The molecule has 1 aromatic rings. The molecular weight excluding hydrogens is 138 g/mol. The summed E-state index contributed by atoms with van der Waals surface area (Å²) in [5.41, 5.74) is 1.62. The third kappa shape index (κ3) is 1.80. The van der Waals surface area contributed by atoms with Gasteiger partial charge in [-0.3, -0.25) is 4.79 Å². The standard InChI is InChI=1S/C9H11NO/c1-2-10-9-6-4-3-5-8(9)7-11/h3-7,10H,2H2,1H3. The molecule has 2 nitrogen and oxygen atoms in total. The fourth-order valence-electron chi connectivity index (χ4n) is 0.951. The van der Waals surface area contributed by atoms with Gasteiger partial charge in [0.15, 0.2) is 6.29 Å². The average molecular weight is 149 g/mol. The molecule has 0 aliphatic carbocycles. The monoisotopic (exact) mass is 149 g/mol. The van der Waals surface area contributed by atoms with Gasteiger partial charge < -0.3 is 5.32 Å². The van der Waals surface area contributed by atoms with E-state index >= 15 is 0 Å². The molecule has 0 atom stereocenters. The van der Waals surface area contributed by atoms with E-state index in [9.17, 15) is 4.79 Å². The molecule has 0 heterocycles. The smallest absolute Gasteiger partial charge is 0.152 e. The van der Waals surface area contributed by atoms with Crippen molar-refractivity contribution >= 4 is 12.0 Å². The molecule has 58 valence electrons. The van der Waals surface area contributed by atoms with Gasteiger partial charge in [-0.25, -0.2) is 0 Å². The van der Waals surface area contributed by atoms with Crippen LogP contribution < -0.4 is 5.32 Å². The van der Waals surface area contributed by atoms with Crippen LogP contribution in [0.1, 0.15) is 17.3 Å². The summed E-state index contributed by atoms with van der Waals surface area (Å²) in [5.74, 6) is 0. The number of para-hydroxylation sites is 1. The fourth-order valence-corrected chi connectivity index (χ4v) is 0.951. The molecule has 0 aliphatic rings. The Morgan fingerprint density at radius 1 is 1.45 bits per heavy atom. The molecule has 11 heavy (non-hydrogen) atoms. The van der Waals surface area contributed by atoms with Crippen LogP contribution in [0.3, 0.4) is 0 Å². The van der Waals surface area contributed by atoms with Gasteiger partial charge in [0.2, 0.25) is 0 Å². The molecule has 2 heteroatoms. The van der Waals surface area contributed by atoms with Crippen LogP contribution >= 0.6 is 0 Å². The summed E-state index contributed by atoms with van der Waals surface area (Å²) in [7, 11) is 0. The summed E-state index contributed by atoms with van der Waals surface area (Å²) in [6.45, 7) is 2.84. The van der Waals surface area contributed by atoms with E-state index in [1.165, 1.54) is 0 Å². The van der Waals surface area contributed by atoms with Crippen molar-refractivity contribution in [1.82, 2.24) is 0 Å². The normalized spacial score (nSPS) is 9.18. The van der Waals surface area contributed by atoms with E-state index in [4.69, 9.17) is 0 Å². The van der Waals surface area contributed by atoms with Crippen LogP contribution in [0.15, 0.2) is 24.3 Å². The SMILES string of the molecule is CCNc1ccccc1C=O. The molecule has 0 aliphatic heterocycles. The maximum atomic E-state index is 10.5. The first kappa shape index (κ1) is 7.79. The van der Waals surface area contributed by atoms with E-state index < -0.39 is 0 Å². The Morgan fingerprint density at radius 3 is 2.82 bits per heavy atom. The topological polar surface area (TPSA) is 29.1 Å². The molecule has 0 aromatic heterocycles. The van der Waals surface area contributed by atoms with Gasteiger partial charge >= 0.3 is 0 Å². The average Bonchev–Trinajstić information content (AvgIpc) is 2.06. The van der Waals surface area contributed by atoms with Gasteiger partial charge in [0, 0.05) is 17.8 Å². The van der Waals surface area contributed by atoms with E-state index in [-0.39, 0.29) is 0 Å². The van der Waals surface area contributed by atoms with Crippen molar-refractivity contribution in [2.75, 3.05) is 11.9 Å². The Hall–Kier alpha value is -1.31. The molecule has 0 fully saturated rings. The highest BCUT2D eigenvalue weighted by atomic mass is 16.1. The molecule has 0 spiro atoms. The van der Waals surface area contributed by atoms with Crippen LogP contribution in [0, 0.1) is 0 Å². The zero-order valence-electron chi connectivity index (χ0n) is 6.50. The van der Waals surface area contributed by atoms with Crippen molar-refractivity contribution in [3.05, 3.63) is 29.8 Å². The lowest BCUT2D eigenvalue weighted by atomic mass is 10.2. The fraction of sp³-hybridized carbons (Fsp3) is 0.222. The number of benzene rings is 1. The van der Waals surface area contributed by atoms with Crippen molar-refractivity contribution < 1.29 is 4.79 Å². The van der Waals surface area contributed by atoms with Gasteiger partial charge in [0.05, 0.1) is 0 Å². The molecule has 1 N–H and O–H groups in total. The largest absolute Gasteiger partial charge is 0.385 e. The Balaban J connectivity index is 2.92. The maximum absolute atomic E-state index is 10.5. The molecule has 0 saturated carbocycles. The summed E-state index contributed by atoms with van der Waals surface area (Å²) in [5, 5.41) is 3.10. The molecule has 0 amide bonds. The second-order valence-electron chi connectivity index (χ2n) is 2.24. The molecular formula is C9H11NO. The molecule has 0 bridgehead atoms. The predicted molar refractivity (Wildman–Crippen MR) is 46.0 cm³/mol. The van der Waals surface area contributed by atoms with E-state index in [0.29, 0.717) is 5.56 Å². The van der Waals surface area contributed by atoms with Crippen LogP contribution in [-0.4, -0.2) is 12.8 Å². The highest BCUT2D eigenvalue weighted by molar-refractivity contribution is 5.83. The maximum Gasteiger partial charge on any atom is 0.152 e. The number of hydrogen-bond donors (Lipinski definition) is 1. The number of nitrogens with one attached hydrogen (secondary N) is 1. The summed E-state index contributed by atoms with van der Waals surface area (Å²) in [6, 6.07) is 7.45. The molecule has 1 rings (SSSR count). The van der Waals surface area contributed by atoms with Gasteiger partial charge in [-0.15, -0.1) is 0 Å². The first-order valence-electron chi connectivity index (χ1n) is 3.66. The van der Waals surface area contributed by atoms with Crippen LogP contribution in [-0.2, 0) is 0 Å². The Kier molecular flexibility index (Phi) is 2.66. The highest BCUT2D eigenvalue weighted by Crippen LogP contribution is 2.11. The first-order valence-corrected chi connectivity index (χ1v) is 3.66. The molecule has 0 saturated heterocycles. The second-order valence-corrected chi connectivity index (χ2v) is 2.24. The quantitative estimate of drug-likeness (QED) is 0.665. The third-order valence-corrected chi connectivity index (χ3v) is 1.45. The van der Waals surface area contributed by atoms with Crippen LogP contribution in [0.5, 0.6) is 0 Å². The van der Waals surface area contributed by atoms with Crippen LogP contribution in [0.25, 0.3) is 0 Å². The second kappa shape index (κ2) is 3.76. The predicted octanol–water partition coefficient (Wildman–Crippen LogP) is 1.93. The molecule has 1 aromatic carbocycles. The van der Waals surface area contributed by atoms with Gasteiger partial charge in [0.25, 0.3) is 0 Å². The number of aldehydes is 1. The summed E-state index contributed by atoms with van der Waals surface area (Å²) in [6.07, 6.45) is 0.859. The number of hydrogen-bond acceptors (Lipinski definition) is 2. The van der Waals surface area contributed by atoms with Gasteiger partial charge in [0.1, 0.15) is 0 Å². The van der Waals surface area contributed by atoms with E-state index in [0.717, 1.165) is 18.5 Å². The minimum Gasteiger partial charge on any atom is -0.385 e. The zero-order valence-corrected chi connectivity index (χ0v) is 6.50. The van der Waals surface area contributed by atoms with Gasteiger partial charge in [-0.2, -0.15) is 0 Å². The van der Waals surface area contributed by atoms with Crippen molar-refractivity contribution in [3.63, 3.8) is 0 Å².